The first-order valence-corrected chi connectivity index (χ1v) is 17.4. The van der Waals surface area contributed by atoms with E-state index in [0.29, 0.717) is 64.6 Å². The fourth-order valence-electron chi connectivity index (χ4n) is 5.99. The van der Waals surface area contributed by atoms with E-state index in [9.17, 15) is 24.0 Å². The van der Waals surface area contributed by atoms with Crippen molar-refractivity contribution in [3.05, 3.63) is 71.8 Å². The van der Waals surface area contributed by atoms with Crippen LogP contribution in [0.4, 0.5) is 0 Å². The van der Waals surface area contributed by atoms with E-state index in [1.54, 1.807) is 4.90 Å². The van der Waals surface area contributed by atoms with E-state index in [4.69, 9.17) is 17.2 Å². The maximum absolute atomic E-state index is 13.9. The lowest BCUT2D eigenvalue weighted by atomic mass is 9.85. The van der Waals surface area contributed by atoms with Gasteiger partial charge in [-0.15, -0.1) is 0 Å². The molecule has 0 unspecified atom stereocenters. The average molecular weight is 678 g/mol. The Hall–Kier alpha value is -4.13. The Morgan fingerprint density at radius 3 is 1.80 bits per heavy atom. The minimum Gasteiger partial charge on any atom is -0.343 e. The van der Waals surface area contributed by atoms with Crippen LogP contribution < -0.4 is 33.2 Å². The van der Waals surface area contributed by atoms with Crippen LogP contribution in [0.15, 0.2) is 60.7 Å². The second kappa shape index (κ2) is 19.2. The summed E-state index contributed by atoms with van der Waals surface area (Å²) in [5.74, 6) is -1.85. The Morgan fingerprint density at radius 1 is 0.755 bits per heavy atom. The topological polar surface area (TPSA) is 203 Å². The van der Waals surface area contributed by atoms with E-state index in [-0.39, 0.29) is 24.0 Å². The molecule has 49 heavy (non-hydrogen) atoms. The minimum atomic E-state index is -1.01. The number of carbonyl (C=O) groups is 5. The van der Waals surface area contributed by atoms with E-state index in [1.807, 2.05) is 74.5 Å². The lowest BCUT2D eigenvalue weighted by Gasteiger charge is -2.39. The Kier molecular flexibility index (Phi) is 15.4. The number of rotatable bonds is 18. The molecule has 4 amide bonds. The number of likely N-dealkylation sites (tertiary alicyclic amines) is 1. The second-order valence-corrected chi connectivity index (χ2v) is 13.6. The Morgan fingerprint density at radius 2 is 1.27 bits per heavy atom. The molecule has 0 radical (unpaired) electrons. The van der Waals surface area contributed by atoms with Crippen molar-refractivity contribution < 1.29 is 24.0 Å². The van der Waals surface area contributed by atoms with E-state index in [1.165, 1.54) is 6.92 Å². The van der Waals surface area contributed by atoms with Crippen molar-refractivity contribution in [2.75, 3.05) is 19.6 Å². The van der Waals surface area contributed by atoms with Gasteiger partial charge in [0.15, 0.2) is 0 Å². The first-order chi connectivity index (χ1) is 23.3. The highest BCUT2D eigenvalue weighted by Crippen LogP contribution is 2.22. The molecule has 1 aliphatic rings. The molecule has 4 atom stereocenters. The number of nitrogens with two attached hydrogens (primary N) is 3. The quantitative estimate of drug-likeness (QED) is 0.127. The number of nitrogens with one attached hydrogen (secondary N) is 3. The van der Waals surface area contributed by atoms with Gasteiger partial charge in [0.1, 0.15) is 23.9 Å². The summed E-state index contributed by atoms with van der Waals surface area (Å²) in [5, 5.41) is 8.60. The maximum Gasteiger partial charge on any atom is 0.245 e. The van der Waals surface area contributed by atoms with E-state index < -0.39 is 47.4 Å². The van der Waals surface area contributed by atoms with Crippen LogP contribution in [0.1, 0.15) is 70.4 Å². The zero-order chi connectivity index (χ0) is 36.0. The molecule has 2 aromatic carbocycles. The van der Waals surface area contributed by atoms with E-state index >= 15 is 0 Å². The SMILES string of the molecule is CC(=O)C1(N)CCN(C(=O)[C@@H](CCCCN)NC(=O)[C@@H](CC(C)C)NC(=O)[C@@H](Cc2ccccc2)NC(=O)[C@H](N)Cc2ccccc2)CC1. The molecule has 0 spiro atoms. The summed E-state index contributed by atoms with van der Waals surface area (Å²) < 4.78 is 0. The van der Waals surface area contributed by atoms with Gasteiger partial charge in [0.2, 0.25) is 23.6 Å². The smallest absolute Gasteiger partial charge is 0.245 e. The van der Waals surface area contributed by atoms with Crippen LogP contribution in [-0.2, 0) is 36.8 Å². The van der Waals surface area contributed by atoms with Gasteiger partial charge in [0.25, 0.3) is 0 Å². The third-order valence-electron chi connectivity index (χ3n) is 9.12. The molecule has 1 heterocycles. The van der Waals surface area contributed by atoms with Gasteiger partial charge < -0.3 is 38.1 Å². The van der Waals surface area contributed by atoms with E-state index in [0.717, 1.165) is 11.1 Å². The van der Waals surface area contributed by atoms with Crippen molar-refractivity contribution in [3.8, 4) is 0 Å². The fraction of sp³-hybridized carbons (Fsp3) is 0.541. The van der Waals surface area contributed by atoms with Gasteiger partial charge in [-0.3, -0.25) is 24.0 Å². The van der Waals surface area contributed by atoms with Gasteiger partial charge in [0, 0.05) is 19.5 Å². The number of piperidine rings is 1. The predicted octanol–water partition coefficient (Wildman–Crippen LogP) is 1.34. The van der Waals surface area contributed by atoms with Crippen LogP contribution in [0.25, 0.3) is 0 Å². The molecule has 3 rings (SSSR count). The van der Waals surface area contributed by atoms with Gasteiger partial charge >= 0.3 is 0 Å². The van der Waals surface area contributed by atoms with Gasteiger partial charge in [-0.2, -0.15) is 0 Å². The minimum absolute atomic E-state index is 0.0234. The predicted molar refractivity (Wildman–Crippen MR) is 190 cm³/mol. The molecular formula is C37H55N7O5. The van der Waals surface area contributed by atoms with Crippen LogP contribution in [0.5, 0.6) is 0 Å². The number of unbranched alkanes of at least 4 members (excludes halogenated alkanes) is 1. The second-order valence-electron chi connectivity index (χ2n) is 13.6. The summed E-state index contributed by atoms with van der Waals surface area (Å²) >= 11 is 0. The molecule has 0 aliphatic carbocycles. The van der Waals surface area contributed by atoms with Crippen LogP contribution in [-0.4, -0.2) is 83.7 Å². The molecule has 268 valence electrons. The number of carbonyl (C=O) groups excluding carboxylic acids is 5. The molecule has 12 heteroatoms. The van der Waals surface area contributed by atoms with Gasteiger partial charge in [0.05, 0.1) is 11.6 Å². The molecule has 2 aromatic rings. The summed E-state index contributed by atoms with van der Waals surface area (Å²) in [6.45, 7) is 6.39. The molecule has 0 saturated carbocycles. The zero-order valence-corrected chi connectivity index (χ0v) is 29.2. The first-order valence-electron chi connectivity index (χ1n) is 17.4. The van der Waals surface area contributed by atoms with Gasteiger partial charge in [-0.25, -0.2) is 0 Å². The van der Waals surface area contributed by atoms with Crippen LogP contribution in [0, 0.1) is 5.92 Å². The highest BCUT2D eigenvalue weighted by molar-refractivity contribution is 5.95. The number of amides is 4. The maximum atomic E-state index is 13.9. The number of hydrogen-bond acceptors (Lipinski definition) is 8. The van der Waals surface area contributed by atoms with Crippen molar-refractivity contribution in [2.24, 2.45) is 23.1 Å². The number of ketones is 1. The molecule has 9 N–H and O–H groups in total. The Balaban J connectivity index is 1.77. The van der Waals surface area contributed by atoms with E-state index in [2.05, 4.69) is 16.0 Å². The molecular weight excluding hydrogens is 622 g/mol. The van der Waals surface area contributed by atoms with Crippen molar-refractivity contribution >= 4 is 29.4 Å². The normalized spacial score (nSPS) is 16.6. The molecule has 0 bridgehead atoms. The van der Waals surface area contributed by atoms with Crippen molar-refractivity contribution in [3.63, 3.8) is 0 Å². The van der Waals surface area contributed by atoms with Crippen LogP contribution in [0.3, 0.4) is 0 Å². The van der Waals surface area contributed by atoms with Crippen molar-refractivity contribution in [1.29, 1.82) is 0 Å². The number of nitrogens with zero attached hydrogens (tertiary/aromatic N) is 1. The van der Waals surface area contributed by atoms with Crippen molar-refractivity contribution in [2.45, 2.75) is 102 Å². The van der Waals surface area contributed by atoms with Gasteiger partial charge in [-0.05, 0) is 75.5 Å². The molecule has 12 nitrogen and oxygen atoms in total. The Labute approximate surface area is 290 Å². The molecule has 0 aromatic heterocycles. The van der Waals surface area contributed by atoms with Crippen LogP contribution >= 0.6 is 0 Å². The molecule has 1 aliphatic heterocycles. The van der Waals surface area contributed by atoms with Crippen LogP contribution in [0.2, 0.25) is 0 Å². The third-order valence-corrected chi connectivity index (χ3v) is 9.12. The average Bonchev–Trinajstić information content (AvgIpc) is 3.07. The summed E-state index contributed by atoms with van der Waals surface area (Å²) in [5.41, 5.74) is 19.0. The summed E-state index contributed by atoms with van der Waals surface area (Å²) in [7, 11) is 0. The van der Waals surface area contributed by atoms with Crippen molar-refractivity contribution in [1.82, 2.24) is 20.9 Å². The highest BCUT2D eigenvalue weighted by Gasteiger charge is 2.38. The largest absolute Gasteiger partial charge is 0.343 e. The zero-order valence-electron chi connectivity index (χ0n) is 29.2. The summed E-state index contributed by atoms with van der Waals surface area (Å²) in [6, 6.07) is 14.9. The highest BCUT2D eigenvalue weighted by atomic mass is 16.2. The standard InChI is InChI=1S/C37H55N7O5/c1-25(2)22-31(34(47)41-30(16-10-11-19-38)36(49)44-20-17-37(40,18-21-44)26(3)45)43-35(48)32(24-28-14-8-5-9-15-28)42-33(46)29(39)23-27-12-6-4-7-13-27/h4-9,12-15,25,29-32H,10-11,16-24,38-40H2,1-3H3,(H,41,47)(H,42,46)(H,43,48)/t29-,30-,31-,32-/m1/s1. The first kappa shape index (κ1) is 39.3. The molecule has 1 saturated heterocycles. The lowest BCUT2D eigenvalue weighted by Crippen LogP contribution is -2.60. The fourth-order valence-corrected chi connectivity index (χ4v) is 5.99. The summed E-state index contributed by atoms with van der Waals surface area (Å²) in [4.78, 5) is 68.4. The number of hydrogen-bond donors (Lipinski definition) is 6. The third kappa shape index (κ3) is 12.4. The number of Topliss-reactive ketones (excluding diaryl/α,β-unsaturated/α-hetero) is 1. The molecule has 1 fully saturated rings. The van der Waals surface area contributed by atoms with Gasteiger partial charge in [-0.1, -0.05) is 74.5 Å². The summed E-state index contributed by atoms with van der Waals surface area (Å²) in [6.07, 6.45) is 3.12. The number of benzene rings is 2. The monoisotopic (exact) mass is 677 g/mol. The Bertz CT molecular complexity index is 1380. The lowest BCUT2D eigenvalue weighted by molar-refractivity contribution is -0.140.